The van der Waals surface area contributed by atoms with Crippen LogP contribution in [0, 0.1) is 0 Å². The van der Waals surface area contributed by atoms with E-state index in [0.29, 0.717) is 17.9 Å². The van der Waals surface area contributed by atoms with Crippen LogP contribution in [0.1, 0.15) is 18.9 Å². The third-order valence-corrected chi connectivity index (χ3v) is 3.21. The summed E-state index contributed by atoms with van der Waals surface area (Å²) in [5, 5.41) is 9.19. The zero-order valence-corrected chi connectivity index (χ0v) is 12.0. The largest absolute Gasteiger partial charge is 0.478 e. The number of aliphatic carboxylic acids is 1. The minimum absolute atomic E-state index is 0.245. The smallest absolute Gasteiger partial charge is 0.334 e. The van der Waals surface area contributed by atoms with Crippen molar-refractivity contribution in [2.75, 3.05) is 0 Å². The van der Waals surface area contributed by atoms with Crippen LogP contribution in [0.4, 0.5) is 0 Å². The van der Waals surface area contributed by atoms with Crippen molar-refractivity contribution >= 4 is 5.97 Å². The number of carbonyl (C=O) groups is 1. The maximum atomic E-state index is 11.2. The topological polar surface area (TPSA) is 46.5 Å². The van der Waals surface area contributed by atoms with E-state index < -0.39 is 5.97 Å². The molecule has 0 heterocycles. The first-order chi connectivity index (χ1) is 10.2. The molecule has 0 bridgehead atoms. The molecule has 3 nitrogen and oxygen atoms in total. The maximum absolute atomic E-state index is 11.2. The van der Waals surface area contributed by atoms with Gasteiger partial charge in [-0.25, -0.2) is 4.79 Å². The fraction of sp³-hybridized carbons (Fsp3) is 0.167. The van der Waals surface area contributed by atoms with Crippen LogP contribution in [0.15, 0.2) is 72.0 Å². The molecular weight excluding hydrogens is 264 g/mol. The van der Waals surface area contributed by atoms with E-state index in [9.17, 15) is 9.90 Å². The second-order valence-electron chi connectivity index (χ2n) is 4.75. The van der Waals surface area contributed by atoms with E-state index in [2.05, 4.69) is 0 Å². The van der Waals surface area contributed by atoms with E-state index in [4.69, 9.17) is 4.74 Å². The highest BCUT2D eigenvalue weighted by atomic mass is 16.5. The Balaban J connectivity index is 2.14. The number of hydrogen-bond donors (Lipinski definition) is 1. The van der Waals surface area contributed by atoms with Crippen molar-refractivity contribution in [1.82, 2.24) is 0 Å². The van der Waals surface area contributed by atoms with E-state index in [1.807, 2.05) is 60.7 Å². The third-order valence-electron chi connectivity index (χ3n) is 3.21. The number of rotatable bonds is 6. The van der Waals surface area contributed by atoms with Crippen LogP contribution in [0.3, 0.4) is 0 Å². The molecule has 0 amide bonds. The third kappa shape index (κ3) is 4.49. The van der Waals surface area contributed by atoms with Gasteiger partial charge in [0.25, 0.3) is 0 Å². The van der Waals surface area contributed by atoms with Gasteiger partial charge in [-0.2, -0.15) is 0 Å². The highest BCUT2D eigenvalue weighted by Gasteiger charge is 2.12. The molecule has 21 heavy (non-hydrogen) atoms. The Morgan fingerprint density at radius 3 is 2.14 bits per heavy atom. The van der Waals surface area contributed by atoms with Crippen molar-refractivity contribution < 1.29 is 14.6 Å². The highest BCUT2D eigenvalue weighted by Crippen LogP contribution is 2.19. The quantitative estimate of drug-likeness (QED) is 0.642. The van der Waals surface area contributed by atoms with Gasteiger partial charge in [0.1, 0.15) is 11.5 Å². The number of carboxylic acids is 1. The SMILES string of the molecule is CC(C(=O)O)=C(CCc1ccccc1)Oc1ccccc1. The lowest BCUT2D eigenvalue weighted by molar-refractivity contribution is -0.132. The zero-order chi connectivity index (χ0) is 15.1. The Kier molecular flexibility index (Phi) is 5.16. The molecule has 3 heteroatoms. The van der Waals surface area contributed by atoms with Gasteiger partial charge in [0.2, 0.25) is 0 Å². The first-order valence-corrected chi connectivity index (χ1v) is 6.86. The Labute approximate surface area is 124 Å². The summed E-state index contributed by atoms with van der Waals surface area (Å²) in [4.78, 5) is 11.2. The van der Waals surface area contributed by atoms with Gasteiger partial charge in [-0.3, -0.25) is 0 Å². The Morgan fingerprint density at radius 2 is 1.57 bits per heavy atom. The standard InChI is InChI=1S/C18H18O3/c1-14(18(19)20)17(21-16-10-6-3-7-11-16)13-12-15-8-4-2-5-9-15/h2-11H,12-13H2,1H3,(H,19,20). The predicted molar refractivity (Wildman–Crippen MR) is 82.2 cm³/mol. The number of hydrogen-bond acceptors (Lipinski definition) is 2. The zero-order valence-electron chi connectivity index (χ0n) is 12.0. The van der Waals surface area contributed by atoms with E-state index >= 15 is 0 Å². The summed E-state index contributed by atoms with van der Waals surface area (Å²) >= 11 is 0. The fourth-order valence-corrected chi connectivity index (χ4v) is 1.97. The highest BCUT2D eigenvalue weighted by molar-refractivity contribution is 5.86. The minimum Gasteiger partial charge on any atom is -0.478 e. The molecule has 108 valence electrons. The lowest BCUT2D eigenvalue weighted by Gasteiger charge is -2.12. The van der Waals surface area contributed by atoms with Crippen LogP contribution in [0.5, 0.6) is 5.75 Å². The van der Waals surface area contributed by atoms with Gasteiger partial charge in [-0.05, 0) is 31.0 Å². The molecule has 0 aliphatic heterocycles. The van der Waals surface area contributed by atoms with E-state index in [1.54, 1.807) is 6.92 Å². The van der Waals surface area contributed by atoms with Crippen LogP contribution < -0.4 is 4.74 Å². The van der Waals surface area contributed by atoms with Gasteiger partial charge in [-0.1, -0.05) is 48.5 Å². The summed E-state index contributed by atoms with van der Waals surface area (Å²) in [5.74, 6) is 0.202. The Hall–Kier alpha value is -2.55. The van der Waals surface area contributed by atoms with Crippen molar-refractivity contribution in [3.63, 3.8) is 0 Å². The number of para-hydroxylation sites is 1. The molecule has 1 N–H and O–H groups in total. The molecule has 2 aromatic carbocycles. The van der Waals surface area contributed by atoms with Crippen LogP contribution in [0.25, 0.3) is 0 Å². The maximum Gasteiger partial charge on any atom is 0.334 e. The Bertz CT molecular complexity index is 615. The summed E-state index contributed by atoms with van der Waals surface area (Å²) in [7, 11) is 0. The number of allylic oxidation sites excluding steroid dienone is 1. The summed E-state index contributed by atoms with van der Waals surface area (Å²) in [6.45, 7) is 1.58. The molecular formula is C18H18O3. The van der Waals surface area contributed by atoms with Gasteiger partial charge in [-0.15, -0.1) is 0 Å². The molecule has 0 fully saturated rings. The summed E-state index contributed by atoms with van der Waals surface area (Å²) in [5.41, 5.74) is 1.40. The molecule has 2 aromatic rings. The molecule has 0 unspecified atom stereocenters. The van der Waals surface area contributed by atoms with E-state index in [-0.39, 0.29) is 5.57 Å². The first-order valence-electron chi connectivity index (χ1n) is 6.86. The predicted octanol–water partition coefficient (Wildman–Crippen LogP) is 4.06. The van der Waals surface area contributed by atoms with Gasteiger partial charge >= 0.3 is 5.97 Å². The van der Waals surface area contributed by atoms with Crippen LogP contribution in [-0.2, 0) is 11.2 Å². The molecule has 0 aliphatic rings. The van der Waals surface area contributed by atoms with E-state index in [1.165, 1.54) is 0 Å². The number of benzene rings is 2. The summed E-state index contributed by atoms with van der Waals surface area (Å²) in [6, 6.07) is 19.2. The van der Waals surface area contributed by atoms with Gasteiger partial charge < -0.3 is 9.84 Å². The van der Waals surface area contributed by atoms with Crippen molar-refractivity contribution in [3.05, 3.63) is 77.6 Å². The van der Waals surface area contributed by atoms with Crippen molar-refractivity contribution in [2.45, 2.75) is 19.8 Å². The number of aryl methyl sites for hydroxylation is 1. The summed E-state index contributed by atoms with van der Waals surface area (Å²) in [6.07, 6.45) is 1.30. The first kappa shape index (κ1) is 14.9. The second-order valence-corrected chi connectivity index (χ2v) is 4.75. The van der Waals surface area contributed by atoms with Crippen LogP contribution in [0.2, 0.25) is 0 Å². The van der Waals surface area contributed by atoms with Gasteiger partial charge in [0.05, 0.1) is 5.57 Å². The average molecular weight is 282 g/mol. The minimum atomic E-state index is -0.950. The fourth-order valence-electron chi connectivity index (χ4n) is 1.97. The molecule has 0 saturated heterocycles. The van der Waals surface area contributed by atoms with Gasteiger partial charge in [0, 0.05) is 6.42 Å². The lowest BCUT2D eigenvalue weighted by Crippen LogP contribution is -2.07. The molecule has 0 aromatic heterocycles. The molecule has 0 aliphatic carbocycles. The molecule has 0 atom stereocenters. The van der Waals surface area contributed by atoms with Crippen LogP contribution in [-0.4, -0.2) is 11.1 Å². The van der Waals surface area contributed by atoms with Crippen LogP contribution >= 0.6 is 0 Å². The normalized spacial score (nSPS) is 11.7. The number of ether oxygens (including phenoxy) is 1. The Morgan fingerprint density at radius 1 is 1.00 bits per heavy atom. The number of carboxylic acid groups (broad SMARTS) is 1. The monoisotopic (exact) mass is 282 g/mol. The summed E-state index contributed by atoms with van der Waals surface area (Å²) < 4.78 is 5.76. The van der Waals surface area contributed by atoms with Gasteiger partial charge in [0.15, 0.2) is 0 Å². The van der Waals surface area contributed by atoms with Crippen molar-refractivity contribution in [3.8, 4) is 5.75 Å². The van der Waals surface area contributed by atoms with E-state index in [0.717, 1.165) is 12.0 Å². The lowest BCUT2D eigenvalue weighted by atomic mass is 10.1. The van der Waals surface area contributed by atoms with Crippen molar-refractivity contribution in [2.24, 2.45) is 0 Å². The second kappa shape index (κ2) is 7.29. The average Bonchev–Trinajstić information content (AvgIpc) is 2.52. The molecule has 0 spiro atoms. The molecule has 0 radical (unpaired) electrons. The molecule has 0 saturated carbocycles. The van der Waals surface area contributed by atoms with Crippen molar-refractivity contribution in [1.29, 1.82) is 0 Å². The molecule has 2 rings (SSSR count).